The number of anilines is 1. The summed E-state index contributed by atoms with van der Waals surface area (Å²) in [6.07, 6.45) is 3.47. The van der Waals surface area contributed by atoms with Gasteiger partial charge in [-0.1, -0.05) is 18.2 Å². The Bertz CT molecular complexity index is 309. The van der Waals surface area contributed by atoms with Crippen molar-refractivity contribution in [2.75, 3.05) is 25.6 Å². The van der Waals surface area contributed by atoms with Crippen LogP contribution in [0.25, 0.3) is 0 Å². The normalized spacial score (nSPS) is 14.6. The van der Waals surface area contributed by atoms with E-state index < -0.39 is 0 Å². The fourth-order valence-corrected chi connectivity index (χ4v) is 2.00. The zero-order chi connectivity index (χ0) is 9.80. The summed E-state index contributed by atoms with van der Waals surface area (Å²) in [6, 6.07) is 6.56. The number of ether oxygens (including phenoxy) is 1. The van der Waals surface area contributed by atoms with E-state index in [1.54, 1.807) is 7.11 Å². The Kier molecular flexibility index (Phi) is 3.04. The molecule has 1 heterocycles. The Balaban J connectivity index is 2.21. The van der Waals surface area contributed by atoms with Gasteiger partial charge in [-0.05, 0) is 30.4 Å². The maximum absolute atomic E-state index is 5.11. The van der Waals surface area contributed by atoms with Crippen LogP contribution < -0.4 is 5.32 Å². The van der Waals surface area contributed by atoms with Gasteiger partial charge >= 0.3 is 0 Å². The van der Waals surface area contributed by atoms with E-state index in [1.807, 2.05) is 0 Å². The van der Waals surface area contributed by atoms with Crippen LogP contribution in [0, 0.1) is 0 Å². The fourth-order valence-electron chi connectivity index (χ4n) is 2.00. The summed E-state index contributed by atoms with van der Waals surface area (Å²) >= 11 is 0. The van der Waals surface area contributed by atoms with Crippen molar-refractivity contribution in [3.63, 3.8) is 0 Å². The van der Waals surface area contributed by atoms with Crippen LogP contribution in [0.5, 0.6) is 0 Å². The summed E-state index contributed by atoms with van der Waals surface area (Å²) in [5.41, 5.74) is 4.21. The molecule has 0 radical (unpaired) electrons. The third-order valence-corrected chi connectivity index (χ3v) is 2.74. The molecule has 0 atom stereocenters. The highest BCUT2D eigenvalue weighted by atomic mass is 16.5. The van der Waals surface area contributed by atoms with Gasteiger partial charge < -0.3 is 10.1 Å². The van der Waals surface area contributed by atoms with Crippen LogP contribution in [0.2, 0.25) is 0 Å². The zero-order valence-electron chi connectivity index (χ0n) is 8.68. The standard InChI is InChI=1S/C12H17NO/c1-14-9-7-11-5-2-4-10-6-3-8-13-12(10)11/h2,4-5,13H,3,6-9H2,1H3. The molecule has 1 aliphatic heterocycles. The lowest BCUT2D eigenvalue weighted by Gasteiger charge is -2.21. The molecule has 76 valence electrons. The number of rotatable bonds is 3. The van der Waals surface area contributed by atoms with Crippen LogP contribution in [0.15, 0.2) is 18.2 Å². The summed E-state index contributed by atoms with van der Waals surface area (Å²) < 4.78 is 5.11. The van der Waals surface area contributed by atoms with Crippen molar-refractivity contribution >= 4 is 5.69 Å². The lowest BCUT2D eigenvalue weighted by atomic mass is 9.98. The summed E-state index contributed by atoms with van der Waals surface area (Å²) in [7, 11) is 1.75. The Morgan fingerprint density at radius 3 is 3.21 bits per heavy atom. The number of methoxy groups -OCH3 is 1. The molecule has 14 heavy (non-hydrogen) atoms. The average Bonchev–Trinajstić information content (AvgIpc) is 2.26. The van der Waals surface area contributed by atoms with Gasteiger partial charge in [0, 0.05) is 19.3 Å². The Morgan fingerprint density at radius 2 is 2.36 bits per heavy atom. The predicted molar refractivity (Wildman–Crippen MR) is 58.8 cm³/mol. The number of benzene rings is 1. The molecule has 2 heteroatoms. The van der Waals surface area contributed by atoms with Gasteiger partial charge in [0.1, 0.15) is 0 Å². The van der Waals surface area contributed by atoms with Gasteiger partial charge in [0.2, 0.25) is 0 Å². The average molecular weight is 191 g/mol. The Hall–Kier alpha value is -1.02. The Labute approximate surface area is 85.3 Å². The van der Waals surface area contributed by atoms with Crippen molar-refractivity contribution in [1.82, 2.24) is 0 Å². The van der Waals surface area contributed by atoms with Gasteiger partial charge in [-0.2, -0.15) is 0 Å². The first kappa shape index (κ1) is 9.53. The molecule has 1 aromatic carbocycles. The quantitative estimate of drug-likeness (QED) is 0.791. The van der Waals surface area contributed by atoms with E-state index in [2.05, 4.69) is 23.5 Å². The SMILES string of the molecule is COCCc1cccc2c1NCCC2. The second kappa shape index (κ2) is 4.47. The molecular weight excluding hydrogens is 174 g/mol. The first-order chi connectivity index (χ1) is 6.92. The van der Waals surface area contributed by atoms with E-state index in [9.17, 15) is 0 Å². The van der Waals surface area contributed by atoms with Crippen LogP contribution in [0.1, 0.15) is 17.5 Å². The van der Waals surface area contributed by atoms with Crippen LogP contribution >= 0.6 is 0 Å². The minimum Gasteiger partial charge on any atom is -0.385 e. The second-order valence-electron chi connectivity index (χ2n) is 3.72. The molecule has 1 N–H and O–H groups in total. The topological polar surface area (TPSA) is 21.3 Å². The number of hydrogen-bond donors (Lipinski definition) is 1. The van der Waals surface area contributed by atoms with Crippen LogP contribution in [-0.4, -0.2) is 20.3 Å². The molecule has 2 rings (SSSR count). The third kappa shape index (κ3) is 1.90. The molecule has 0 saturated carbocycles. The van der Waals surface area contributed by atoms with E-state index in [4.69, 9.17) is 4.74 Å². The summed E-state index contributed by atoms with van der Waals surface area (Å²) in [4.78, 5) is 0. The number of fused-ring (bicyclic) bond motifs is 1. The fraction of sp³-hybridized carbons (Fsp3) is 0.500. The summed E-state index contributed by atoms with van der Waals surface area (Å²) in [6.45, 7) is 1.91. The molecule has 0 aliphatic carbocycles. The number of hydrogen-bond acceptors (Lipinski definition) is 2. The number of aryl methyl sites for hydroxylation is 1. The third-order valence-electron chi connectivity index (χ3n) is 2.74. The van der Waals surface area contributed by atoms with E-state index in [1.165, 1.54) is 29.7 Å². The molecule has 0 amide bonds. The predicted octanol–water partition coefficient (Wildman–Crippen LogP) is 2.23. The largest absolute Gasteiger partial charge is 0.385 e. The molecule has 0 bridgehead atoms. The van der Waals surface area contributed by atoms with Crippen LogP contribution in [0.4, 0.5) is 5.69 Å². The zero-order valence-corrected chi connectivity index (χ0v) is 8.68. The van der Waals surface area contributed by atoms with E-state index in [-0.39, 0.29) is 0 Å². The molecule has 1 aromatic rings. The molecule has 0 spiro atoms. The molecule has 0 fully saturated rings. The summed E-state index contributed by atoms with van der Waals surface area (Å²) in [5.74, 6) is 0. The van der Waals surface area contributed by atoms with Gasteiger partial charge in [-0.15, -0.1) is 0 Å². The van der Waals surface area contributed by atoms with Gasteiger partial charge in [-0.3, -0.25) is 0 Å². The maximum Gasteiger partial charge on any atom is 0.0503 e. The monoisotopic (exact) mass is 191 g/mol. The second-order valence-corrected chi connectivity index (χ2v) is 3.72. The van der Waals surface area contributed by atoms with Gasteiger partial charge in [0.05, 0.1) is 6.61 Å². The van der Waals surface area contributed by atoms with Gasteiger partial charge in [0.25, 0.3) is 0 Å². The van der Waals surface area contributed by atoms with Gasteiger partial charge in [0.15, 0.2) is 0 Å². The first-order valence-corrected chi connectivity index (χ1v) is 5.25. The lowest BCUT2D eigenvalue weighted by Crippen LogP contribution is -2.14. The van der Waals surface area contributed by atoms with E-state index >= 15 is 0 Å². The molecule has 0 saturated heterocycles. The van der Waals surface area contributed by atoms with Crippen molar-refractivity contribution in [1.29, 1.82) is 0 Å². The van der Waals surface area contributed by atoms with Crippen molar-refractivity contribution < 1.29 is 4.74 Å². The van der Waals surface area contributed by atoms with Crippen LogP contribution in [0.3, 0.4) is 0 Å². The molecule has 2 nitrogen and oxygen atoms in total. The molecule has 0 unspecified atom stereocenters. The van der Waals surface area contributed by atoms with Gasteiger partial charge in [-0.25, -0.2) is 0 Å². The van der Waals surface area contributed by atoms with Crippen molar-refractivity contribution in [2.24, 2.45) is 0 Å². The van der Waals surface area contributed by atoms with Crippen LogP contribution in [-0.2, 0) is 17.6 Å². The molecule has 0 aromatic heterocycles. The highest BCUT2D eigenvalue weighted by Crippen LogP contribution is 2.26. The smallest absolute Gasteiger partial charge is 0.0503 e. The molecule has 1 aliphatic rings. The number of nitrogens with one attached hydrogen (secondary N) is 1. The first-order valence-electron chi connectivity index (χ1n) is 5.25. The van der Waals surface area contributed by atoms with E-state index in [0.717, 1.165) is 19.6 Å². The Morgan fingerprint density at radius 1 is 1.43 bits per heavy atom. The van der Waals surface area contributed by atoms with Crippen molar-refractivity contribution in [2.45, 2.75) is 19.3 Å². The minimum atomic E-state index is 0.804. The minimum absolute atomic E-state index is 0.804. The summed E-state index contributed by atoms with van der Waals surface area (Å²) in [5, 5.41) is 3.48. The highest BCUT2D eigenvalue weighted by molar-refractivity contribution is 5.59. The van der Waals surface area contributed by atoms with Crippen molar-refractivity contribution in [3.8, 4) is 0 Å². The maximum atomic E-state index is 5.11. The lowest BCUT2D eigenvalue weighted by molar-refractivity contribution is 0.202. The highest BCUT2D eigenvalue weighted by Gasteiger charge is 2.11. The molecular formula is C12H17NO. The van der Waals surface area contributed by atoms with Crippen molar-refractivity contribution in [3.05, 3.63) is 29.3 Å². The van der Waals surface area contributed by atoms with E-state index in [0.29, 0.717) is 0 Å². The number of para-hydroxylation sites is 1.